The fourth-order valence-electron chi connectivity index (χ4n) is 4.97. The monoisotopic (exact) mass is 492 g/mol. The molecule has 0 saturated carbocycles. The molecule has 0 bridgehead atoms. The van der Waals surface area contributed by atoms with Crippen LogP contribution >= 0.6 is 0 Å². The summed E-state index contributed by atoms with van der Waals surface area (Å²) in [5, 5.41) is 4.70. The van der Waals surface area contributed by atoms with E-state index in [2.05, 4.69) is 43.0 Å². The lowest BCUT2D eigenvalue weighted by Crippen LogP contribution is -2.48. The number of aromatic nitrogens is 2. The highest BCUT2D eigenvalue weighted by Crippen LogP contribution is 2.31. The van der Waals surface area contributed by atoms with Gasteiger partial charge in [0, 0.05) is 38.3 Å². The summed E-state index contributed by atoms with van der Waals surface area (Å²) in [6.07, 6.45) is 0.521. The fourth-order valence-corrected chi connectivity index (χ4v) is 6.67. The summed E-state index contributed by atoms with van der Waals surface area (Å²) < 4.78 is 26.2. The molecule has 0 unspecified atom stereocenters. The van der Waals surface area contributed by atoms with Crippen LogP contribution in [0, 0.1) is 13.8 Å². The molecule has 1 aromatic heterocycles. The van der Waals surface area contributed by atoms with Gasteiger partial charge in [-0.05, 0) is 49.1 Å². The van der Waals surface area contributed by atoms with E-state index in [4.69, 9.17) is 5.10 Å². The summed E-state index contributed by atoms with van der Waals surface area (Å²) in [5.74, 6) is 0.142. The van der Waals surface area contributed by atoms with Gasteiger partial charge in [0.2, 0.25) is 0 Å². The molecule has 0 aliphatic carbocycles. The molecule has 184 valence electrons. The van der Waals surface area contributed by atoms with Crippen molar-refractivity contribution in [2.75, 3.05) is 37.7 Å². The smallest absolute Gasteiger partial charge is 0.274 e. The molecule has 1 atom stereocenters. The Kier molecular flexibility index (Phi) is 6.51. The molecule has 1 amide bonds. The minimum Gasteiger partial charge on any atom is -0.335 e. The predicted octanol–water partition coefficient (Wildman–Crippen LogP) is 3.48. The van der Waals surface area contributed by atoms with Crippen molar-refractivity contribution >= 4 is 15.7 Å². The molecule has 7 nitrogen and oxygen atoms in total. The lowest BCUT2D eigenvalue weighted by Gasteiger charge is -2.34. The summed E-state index contributed by atoms with van der Waals surface area (Å²) in [4.78, 5) is 17.7. The molecule has 2 aliphatic rings. The van der Waals surface area contributed by atoms with Crippen LogP contribution in [0.3, 0.4) is 0 Å². The van der Waals surface area contributed by atoms with Crippen LogP contribution in [0.4, 0.5) is 0 Å². The average Bonchev–Trinajstić information content (AvgIpc) is 3.45. The molecule has 0 N–H and O–H groups in total. The molecule has 2 saturated heterocycles. The maximum absolute atomic E-state index is 13.4. The second-order valence-electron chi connectivity index (χ2n) is 9.77. The Bertz CT molecular complexity index is 1330. The summed E-state index contributed by atoms with van der Waals surface area (Å²) in [6.45, 7) is 7.92. The normalized spacial score (nSPS) is 20.3. The van der Waals surface area contributed by atoms with Crippen LogP contribution in [0.25, 0.3) is 11.3 Å². The van der Waals surface area contributed by atoms with E-state index in [9.17, 15) is 13.2 Å². The Morgan fingerprint density at radius 2 is 1.71 bits per heavy atom. The van der Waals surface area contributed by atoms with Crippen LogP contribution in [0.5, 0.6) is 0 Å². The summed E-state index contributed by atoms with van der Waals surface area (Å²) in [5.41, 5.74) is 5.76. The number of piperazine rings is 1. The number of nitrogens with zero attached hydrogens (tertiary/aromatic N) is 4. The predicted molar refractivity (Wildman–Crippen MR) is 137 cm³/mol. The zero-order valence-corrected chi connectivity index (χ0v) is 21.2. The van der Waals surface area contributed by atoms with E-state index in [0.29, 0.717) is 25.2 Å². The second kappa shape index (κ2) is 9.59. The van der Waals surface area contributed by atoms with Gasteiger partial charge >= 0.3 is 0 Å². The summed E-state index contributed by atoms with van der Waals surface area (Å²) in [6, 6.07) is 18.1. The van der Waals surface area contributed by atoms with Crippen molar-refractivity contribution in [1.82, 2.24) is 19.6 Å². The first-order valence-corrected chi connectivity index (χ1v) is 14.0. The molecule has 0 radical (unpaired) electrons. The molecular formula is C27H32N4O3S. The van der Waals surface area contributed by atoms with Gasteiger partial charge in [0.1, 0.15) is 0 Å². The van der Waals surface area contributed by atoms with Gasteiger partial charge in [0.15, 0.2) is 15.5 Å². The zero-order valence-electron chi connectivity index (χ0n) is 20.4. The van der Waals surface area contributed by atoms with Crippen molar-refractivity contribution in [3.63, 3.8) is 0 Å². The average molecular weight is 493 g/mol. The SMILES string of the molecule is Cc1ccc(-c2cc(C(=O)N3CCN(Cc4ccccc4)CC3)nn2[C@H]2CCS(=O)(=O)C2)cc1C. The molecule has 5 rings (SSSR count). The number of sulfone groups is 1. The van der Waals surface area contributed by atoms with Gasteiger partial charge < -0.3 is 4.90 Å². The highest BCUT2D eigenvalue weighted by atomic mass is 32.2. The molecule has 2 aliphatic heterocycles. The van der Waals surface area contributed by atoms with Crippen molar-refractivity contribution in [3.8, 4) is 11.3 Å². The van der Waals surface area contributed by atoms with Gasteiger partial charge in [-0.2, -0.15) is 5.10 Å². The number of hydrogen-bond acceptors (Lipinski definition) is 5. The van der Waals surface area contributed by atoms with E-state index in [1.807, 2.05) is 35.2 Å². The second-order valence-corrected chi connectivity index (χ2v) is 12.0. The largest absolute Gasteiger partial charge is 0.335 e. The van der Waals surface area contributed by atoms with Crippen LogP contribution in [0.15, 0.2) is 54.6 Å². The fraction of sp³-hybridized carbons (Fsp3) is 0.407. The van der Waals surface area contributed by atoms with Crippen molar-refractivity contribution in [3.05, 3.63) is 77.0 Å². The van der Waals surface area contributed by atoms with Crippen molar-refractivity contribution in [2.45, 2.75) is 32.9 Å². The minimum atomic E-state index is -3.08. The quantitative estimate of drug-likeness (QED) is 0.545. The standard InChI is InChI=1S/C27H32N4O3S/c1-20-8-9-23(16-21(20)2)26-17-25(28-31(26)24-10-15-35(33,34)19-24)27(32)30-13-11-29(12-14-30)18-22-6-4-3-5-7-22/h3-9,16-17,24H,10-15,18-19H2,1-2H3/t24-/m0/s1. The van der Waals surface area contributed by atoms with Gasteiger partial charge in [-0.3, -0.25) is 14.4 Å². The Morgan fingerprint density at radius 3 is 2.37 bits per heavy atom. The first-order valence-electron chi connectivity index (χ1n) is 12.2. The van der Waals surface area contributed by atoms with E-state index in [0.717, 1.165) is 36.5 Å². The maximum atomic E-state index is 13.4. The molecule has 3 aromatic rings. The number of hydrogen-bond donors (Lipinski definition) is 0. The van der Waals surface area contributed by atoms with Crippen molar-refractivity contribution in [1.29, 1.82) is 0 Å². The van der Waals surface area contributed by atoms with Gasteiger partial charge in [-0.25, -0.2) is 8.42 Å². The Morgan fingerprint density at radius 1 is 0.971 bits per heavy atom. The van der Waals surface area contributed by atoms with Crippen LogP contribution in [0.1, 0.15) is 39.6 Å². The molecule has 2 fully saturated rings. The number of amides is 1. The number of benzene rings is 2. The lowest BCUT2D eigenvalue weighted by molar-refractivity contribution is 0.0621. The maximum Gasteiger partial charge on any atom is 0.274 e. The van der Waals surface area contributed by atoms with Gasteiger partial charge in [0.05, 0.1) is 23.2 Å². The van der Waals surface area contributed by atoms with E-state index >= 15 is 0 Å². The van der Waals surface area contributed by atoms with Crippen LogP contribution < -0.4 is 0 Å². The summed E-state index contributed by atoms with van der Waals surface area (Å²) >= 11 is 0. The number of aryl methyl sites for hydroxylation is 2. The van der Waals surface area contributed by atoms with Gasteiger partial charge in [-0.15, -0.1) is 0 Å². The van der Waals surface area contributed by atoms with Crippen LogP contribution in [0.2, 0.25) is 0 Å². The number of rotatable bonds is 5. The minimum absolute atomic E-state index is 0.0678. The molecule has 3 heterocycles. The number of carbonyl (C=O) groups is 1. The van der Waals surface area contributed by atoms with Crippen molar-refractivity contribution in [2.24, 2.45) is 0 Å². The highest BCUT2D eigenvalue weighted by molar-refractivity contribution is 7.91. The van der Waals surface area contributed by atoms with Crippen LogP contribution in [-0.2, 0) is 16.4 Å². The van der Waals surface area contributed by atoms with E-state index in [-0.39, 0.29) is 23.5 Å². The first-order chi connectivity index (χ1) is 16.8. The van der Waals surface area contributed by atoms with Gasteiger partial charge in [-0.1, -0.05) is 42.5 Å². The molecule has 35 heavy (non-hydrogen) atoms. The zero-order chi connectivity index (χ0) is 24.6. The topological polar surface area (TPSA) is 75.5 Å². The Hall–Kier alpha value is -2.97. The molecule has 8 heteroatoms. The lowest BCUT2D eigenvalue weighted by atomic mass is 10.0. The Balaban J connectivity index is 1.36. The first kappa shape index (κ1) is 23.8. The van der Waals surface area contributed by atoms with Crippen LogP contribution in [-0.4, -0.2) is 71.6 Å². The van der Waals surface area contributed by atoms with E-state index in [1.54, 1.807) is 4.68 Å². The summed E-state index contributed by atoms with van der Waals surface area (Å²) in [7, 11) is -3.08. The third kappa shape index (κ3) is 5.18. The molecule has 2 aromatic carbocycles. The molecule has 0 spiro atoms. The third-order valence-electron chi connectivity index (χ3n) is 7.22. The Labute approximate surface area is 207 Å². The molecular weight excluding hydrogens is 460 g/mol. The number of carbonyl (C=O) groups excluding carboxylic acids is 1. The van der Waals surface area contributed by atoms with E-state index in [1.165, 1.54) is 11.1 Å². The van der Waals surface area contributed by atoms with Crippen molar-refractivity contribution < 1.29 is 13.2 Å². The van der Waals surface area contributed by atoms with Gasteiger partial charge in [0.25, 0.3) is 5.91 Å². The third-order valence-corrected chi connectivity index (χ3v) is 8.97. The highest BCUT2D eigenvalue weighted by Gasteiger charge is 2.33. The van der Waals surface area contributed by atoms with E-state index < -0.39 is 9.84 Å².